The number of aromatic nitrogens is 2. The fourth-order valence-electron chi connectivity index (χ4n) is 5.85. The second-order valence-corrected chi connectivity index (χ2v) is 10.1. The summed E-state index contributed by atoms with van der Waals surface area (Å²) in [6, 6.07) is 44.1. The Balaban J connectivity index is 1.31. The molecule has 0 saturated carbocycles. The maximum Gasteiger partial charge on any atom is 0.219 e. The highest BCUT2D eigenvalue weighted by Gasteiger charge is 2.23. The van der Waals surface area contributed by atoms with Crippen molar-refractivity contribution in [2.24, 2.45) is 0 Å². The maximum atomic E-state index is 6.05. The third kappa shape index (κ3) is 3.97. The van der Waals surface area contributed by atoms with Gasteiger partial charge in [0.1, 0.15) is 5.75 Å². The predicted octanol–water partition coefficient (Wildman–Crippen LogP) is 10.1. The topological polar surface area (TPSA) is 41.2 Å². The quantitative estimate of drug-likeness (QED) is 0.248. The number of H-pyrrole nitrogens is 1. The zero-order valence-electron chi connectivity index (χ0n) is 22.2. The lowest BCUT2D eigenvalue weighted by Crippen LogP contribution is -2.12. The number of nitrogens with one attached hydrogen (secondary N) is 1. The summed E-state index contributed by atoms with van der Waals surface area (Å²) >= 11 is 0. The molecule has 1 aliphatic heterocycles. The molecule has 0 spiro atoms. The van der Waals surface area contributed by atoms with Crippen LogP contribution >= 0.6 is 0 Å². The average Bonchev–Trinajstić information content (AvgIpc) is 3.33. The van der Waals surface area contributed by atoms with Gasteiger partial charge < -0.3 is 14.6 Å². The lowest BCUT2D eigenvalue weighted by atomic mass is 10.0. The zero-order valence-corrected chi connectivity index (χ0v) is 22.2. The first kappa shape index (κ1) is 23.3. The SMILES string of the molecule is C1=Cc2ccccc2N(c2cccc3c2[nH]c2c(-c4cccc(Oc5ccccn5)c4)cccc23)c2ccccc21. The van der Waals surface area contributed by atoms with Gasteiger partial charge in [0.25, 0.3) is 0 Å². The second-order valence-electron chi connectivity index (χ2n) is 10.1. The van der Waals surface area contributed by atoms with E-state index in [1.807, 2.05) is 30.3 Å². The van der Waals surface area contributed by atoms with E-state index in [0.717, 1.165) is 45.0 Å². The first-order valence-corrected chi connectivity index (χ1v) is 13.7. The van der Waals surface area contributed by atoms with Gasteiger partial charge in [0, 0.05) is 28.6 Å². The number of rotatable bonds is 4. The van der Waals surface area contributed by atoms with Gasteiger partial charge in [-0.05, 0) is 53.1 Å². The van der Waals surface area contributed by atoms with Crippen molar-refractivity contribution in [1.82, 2.24) is 9.97 Å². The van der Waals surface area contributed by atoms with E-state index < -0.39 is 0 Å². The van der Waals surface area contributed by atoms with Crippen LogP contribution in [0, 0.1) is 0 Å². The highest BCUT2D eigenvalue weighted by molar-refractivity contribution is 6.16. The molecule has 0 atom stereocenters. The summed E-state index contributed by atoms with van der Waals surface area (Å²) in [4.78, 5) is 10.5. The summed E-state index contributed by atoms with van der Waals surface area (Å²) in [5.41, 5.74) is 10.2. The molecule has 0 unspecified atom stereocenters. The van der Waals surface area contributed by atoms with Crippen molar-refractivity contribution in [1.29, 1.82) is 0 Å². The highest BCUT2D eigenvalue weighted by Crippen LogP contribution is 2.45. The third-order valence-corrected chi connectivity index (χ3v) is 7.69. The predicted molar refractivity (Wildman–Crippen MR) is 169 cm³/mol. The van der Waals surface area contributed by atoms with Gasteiger partial charge >= 0.3 is 0 Å². The van der Waals surface area contributed by atoms with Crippen LogP contribution in [0.2, 0.25) is 0 Å². The van der Waals surface area contributed by atoms with Crippen LogP contribution in [0.15, 0.2) is 134 Å². The van der Waals surface area contributed by atoms with E-state index >= 15 is 0 Å². The lowest BCUT2D eigenvalue weighted by molar-refractivity contribution is 0.463. The van der Waals surface area contributed by atoms with E-state index in [1.165, 1.54) is 21.9 Å². The lowest BCUT2D eigenvalue weighted by Gasteiger charge is -2.27. The molecular weight excluding hydrogens is 502 g/mol. The summed E-state index contributed by atoms with van der Waals surface area (Å²) in [5.74, 6) is 1.32. The molecule has 0 radical (unpaired) electrons. The summed E-state index contributed by atoms with van der Waals surface area (Å²) in [6.07, 6.45) is 6.15. The second kappa shape index (κ2) is 9.54. The van der Waals surface area contributed by atoms with Gasteiger partial charge in [-0.1, -0.05) is 97.1 Å². The number of hydrogen-bond donors (Lipinski definition) is 1. The van der Waals surface area contributed by atoms with E-state index in [0.29, 0.717) is 5.88 Å². The smallest absolute Gasteiger partial charge is 0.219 e. The Hall–Kier alpha value is -5.61. The van der Waals surface area contributed by atoms with Crippen LogP contribution in [0.25, 0.3) is 45.1 Å². The summed E-state index contributed by atoms with van der Waals surface area (Å²) < 4.78 is 6.05. The monoisotopic (exact) mass is 527 g/mol. The third-order valence-electron chi connectivity index (χ3n) is 7.69. The van der Waals surface area contributed by atoms with E-state index in [2.05, 4.69) is 124 Å². The van der Waals surface area contributed by atoms with Crippen molar-refractivity contribution in [2.45, 2.75) is 0 Å². The van der Waals surface area contributed by atoms with Crippen molar-refractivity contribution in [2.75, 3.05) is 4.90 Å². The molecule has 5 aromatic carbocycles. The Kier molecular flexibility index (Phi) is 5.42. The molecule has 0 saturated heterocycles. The van der Waals surface area contributed by atoms with Gasteiger partial charge in [0.15, 0.2) is 0 Å². The van der Waals surface area contributed by atoms with Gasteiger partial charge in [0.05, 0.1) is 28.1 Å². The molecule has 0 fully saturated rings. The molecule has 41 heavy (non-hydrogen) atoms. The van der Waals surface area contributed by atoms with Gasteiger partial charge in [-0.3, -0.25) is 0 Å². The number of benzene rings is 5. The van der Waals surface area contributed by atoms with Crippen LogP contribution in [0.1, 0.15) is 11.1 Å². The van der Waals surface area contributed by atoms with Crippen molar-refractivity contribution < 1.29 is 4.74 Å². The molecule has 4 heteroatoms. The Morgan fingerprint density at radius 2 is 1.22 bits per heavy atom. The molecule has 1 aliphatic rings. The van der Waals surface area contributed by atoms with Crippen LogP contribution in [-0.2, 0) is 0 Å². The number of hydrogen-bond acceptors (Lipinski definition) is 3. The van der Waals surface area contributed by atoms with Crippen LogP contribution < -0.4 is 9.64 Å². The fourth-order valence-corrected chi connectivity index (χ4v) is 5.85. The van der Waals surface area contributed by atoms with Crippen molar-refractivity contribution >= 4 is 51.0 Å². The molecule has 0 amide bonds. The molecule has 2 aromatic heterocycles. The molecule has 8 rings (SSSR count). The van der Waals surface area contributed by atoms with E-state index in [-0.39, 0.29) is 0 Å². The standard InChI is InChI=1S/C37H25N3O/c1-3-17-32-25(10-1)21-22-26-11-2-4-18-33(26)40(32)34-19-9-16-31-30-15-8-14-29(36(30)39-37(31)34)27-12-7-13-28(24-27)41-35-20-5-6-23-38-35/h1-24,39H. The molecule has 0 bridgehead atoms. The van der Waals surface area contributed by atoms with Crippen molar-refractivity contribution in [3.8, 4) is 22.8 Å². The number of anilines is 3. The Morgan fingerprint density at radius 1 is 0.561 bits per heavy atom. The zero-order chi connectivity index (χ0) is 27.2. The van der Waals surface area contributed by atoms with Gasteiger partial charge in [-0.15, -0.1) is 0 Å². The van der Waals surface area contributed by atoms with Gasteiger partial charge in [0.2, 0.25) is 5.88 Å². The number of aromatic amines is 1. The summed E-state index contributed by atoms with van der Waals surface area (Å²) in [5, 5.41) is 2.37. The molecule has 3 heterocycles. The Morgan fingerprint density at radius 3 is 1.98 bits per heavy atom. The van der Waals surface area contributed by atoms with Crippen LogP contribution in [0.3, 0.4) is 0 Å². The van der Waals surface area contributed by atoms with Crippen LogP contribution in [0.5, 0.6) is 11.6 Å². The number of pyridine rings is 1. The van der Waals surface area contributed by atoms with Crippen molar-refractivity contribution in [3.05, 3.63) is 145 Å². The van der Waals surface area contributed by atoms with Crippen LogP contribution in [-0.4, -0.2) is 9.97 Å². The minimum absolute atomic E-state index is 0.575. The summed E-state index contributed by atoms with van der Waals surface area (Å²) in [7, 11) is 0. The summed E-state index contributed by atoms with van der Waals surface area (Å²) in [6.45, 7) is 0. The molecule has 4 nitrogen and oxygen atoms in total. The number of fused-ring (bicyclic) bond motifs is 5. The maximum absolute atomic E-state index is 6.05. The molecule has 7 aromatic rings. The molecule has 194 valence electrons. The molecule has 0 aliphatic carbocycles. The van der Waals surface area contributed by atoms with E-state index in [4.69, 9.17) is 4.74 Å². The first-order chi connectivity index (χ1) is 20.3. The minimum Gasteiger partial charge on any atom is -0.439 e. The van der Waals surface area contributed by atoms with Crippen molar-refractivity contribution in [3.63, 3.8) is 0 Å². The molecule has 1 N–H and O–H groups in total. The van der Waals surface area contributed by atoms with Crippen LogP contribution in [0.4, 0.5) is 17.1 Å². The van der Waals surface area contributed by atoms with E-state index in [1.54, 1.807) is 6.20 Å². The largest absolute Gasteiger partial charge is 0.439 e. The number of nitrogens with zero attached hydrogens (tertiary/aromatic N) is 2. The average molecular weight is 528 g/mol. The number of ether oxygens (including phenoxy) is 1. The highest BCUT2D eigenvalue weighted by atomic mass is 16.5. The Labute approximate surface area is 237 Å². The van der Waals surface area contributed by atoms with Gasteiger partial charge in [-0.2, -0.15) is 0 Å². The minimum atomic E-state index is 0.575. The van der Waals surface area contributed by atoms with Gasteiger partial charge in [-0.25, -0.2) is 4.98 Å². The molecular formula is C37H25N3O. The number of para-hydroxylation sites is 4. The van der Waals surface area contributed by atoms with E-state index in [9.17, 15) is 0 Å². The first-order valence-electron chi connectivity index (χ1n) is 13.7. The Bertz CT molecular complexity index is 2040. The normalized spacial score (nSPS) is 12.2. The fraction of sp³-hybridized carbons (Fsp3) is 0.